The Bertz CT molecular complexity index is 518. The van der Waals surface area contributed by atoms with Crippen LogP contribution >= 0.6 is 0 Å². The molecule has 0 atom stereocenters. The second-order valence-corrected chi connectivity index (χ2v) is 4.28. The molecule has 5 nitrogen and oxygen atoms in total. The van der Waals surface area contributed by atoms with E-state index in [0.29, 0.717) is 0 Å². The molecule has 0 aliphatic heterocycles. The Balaban J connectivity index is 2.19. The zero-order valence-electron chi connectivity index (χ0n) is 11.1. The normalized spacial score (nSPS) is 10.8. The van der Waals surface area contributed by atoms with Crippen molar-refractivity contribution in [2.24, 2.45) is 0 Å². The lowest BCUT2D eigenvalue weighted by atomic mass is 10.3. The average Bonchev–Trinajstić information content (AvgIpc) is 2.69. The zero-order valence-corrected chi connectivity index (χ0v) is 11.1. The van der Waals surface area contributed by atoms with Crippen LogP contribution in [-0.2, 0) is 6.54 Å². The molecular weight excluding hydrogens is 226 g/mol. The van der Waals surface area contributed by atoms with E-state index >= 15 is 0 Å². The van der Waals surface area contributed by atoms with Gasteiger partial charge in [-0.15, -0.1) is 5.10 Å². The van der Waals surface area contributed by atoms with Gasteiger partial charge in [0.25, 0.3) is 0 Å². The Morgan fingerprint density at radius 3 is 2.72 bits per heavy atom. The Hall–Kier alpha value is -1.75. The van der Waals surface area contributed by atoms with Gasteiger partial charge in [0.1, 0.15) is 11.6 Å². The largest absolute Gasteiger partial charge is 0.311 e. The van der Waals surface area contributed by atoms with E-state index < -0.39 is 0 Å². The minimum absolute atomic E-state index is 0.767. The van der Waals surface area contributed by atoms with Crippen LogP contribution < -0.4 is 5.32 Å². The van der Waals surface area contributed by atoms with Crippen molar-refractivity contribution < 1.29 is 0 Å². The molecule has 2 heterocycles. The second kappa shape index (κ2) is 5.73. The van der Waals surface area contributed by atoms with E-state index in [1.54, 1.807) is 4.68 Å². The van der Waals surface area contributed by atoms with Gasteiger partial charge in [-0.1, -0.05) is 13.0 Å². The van der Waals surface area contributed by atoms with Crippen molar-refractivity contribution in [3.05, 3.63) is 35.5 Å². The first-order valence-corrected chi connectivity index (χ1v) is 6.28. The van der Waals surface area contributed by atoms with Gasteiger partial charge in [0.15, 0.2) is 5.82 Å². The van der Waals surface area contributed by atoms with Crippen LogP contribution in [0.25, 0.3) is 5.82 Å². The first-order valence-electron chi connectivity index (χ1n) is 6.28. The highest BCUT2D eigenvalue weighted by Gasteiger charge is 2.06. The van der Waals surface area contributed by atoms with Crippen LogP contribution in [0.4, 0.5) is 0 Å². The average molecular weight is 245 g/mol. The lowest BCUT2D eigenvalue weighted by Crippen LogP contribution is -2.15. The van der Waals surface area contributed by atoms with E-state index in [2.05, 4.69) is 27.3 Å². The minimum atomic E-state index is 0.767. The summed E-state index contributed by atoms with van der Waals surface area (Å²) in [4.78, 5) is 8.88. The summed E-state index contributed by atoms with van der Waals surface area (Å²) in [6.45, 7) is 7.76. The summed E-state index contributed by atoms with van der Waals surface area (Å²) in [5.41, 5.74) is 1.02. The van der Waals surface area contributed by atoms with Crippen molar-refractivity contribution in [3.8, 4) is 5.82 Å². The van der Waals surface area contributed by atoms with Gasteiger partial charge in [-0.3, -0.25) is 0 Å². The zero-order chi connectivity index (χ0) is 13.0. The molecule has 0 unspecified atom stereocenters. The first kappa shape index (κ1) is 12.7. The van der Waals surface area contributed by atoms with Crippen molar-refractivity contribution in [1.29, 1.82) is 0 Å². The number of aromatic nitrogens is 4. The summed E-state index contributed by atoms with van der Waals surface area (Å²) in [7, 11) is 0. The molecule has 2 aromatic rings. The van der Waals surface area contributed by atoms with Gasteiger partial charge in [-0.05, 0) is 38.9 Å². The lowest BCUT2D eigenvalue weighted by molar-refractivity contribution is 0.660. The fourth-order valence-electron chi connectivity index (χ4n) is 1.81. The molecular formula is C13H19N5. The highest BCUT2D eigenvalue weighted by Crippen LogP contribution is 2.07. The number of nitrogens with zero attached hydrogens (tertiary/aromatic N) is 4. The molecule has 0 radical (unpaired) electrons. The number of pyridine rings is 1. The van der Waals surface area contributed by atoms with Gasteiger partial charge >= 0.3 is 0 Å². The van der Waals surface area contributed by atoms with Gasteiger partial charge in [-0.2, -0.15) is 4.68 Å². The van der Waals surface area contributed by atoms with Crippen molar-refractivity contribution in [1.82, 2.24) is 25.1 Å². The lowest BCUT2D eigenvalue weighted by Gasteiger charge is -2.06. The van der Waals surface area contributed by atoms with E-state index in [4.69, 9.17) is 0 Å². The van der Waals surface area contributed by atoms with Crippen LogP contribution in [0.15, 0.2) is 18.2 Å². The summed E-state index contributed by atoms with van der Waals surface area (Å²) >= 11 is 0. The minimum Gasteiger partial charge on any atom is -0.311 e. The first-order chi connectivity index (χ1) is 8.70. The Kier molecular flexibility index (Phi) is 4.04. The van der Waals surface area contributed by atoms with E-state index in [9.17, 15) is 0 Å². The molecule has 0 saturated carbocycles. The Labute approximate surface area is 107 Å². The van der Waals surface area contributed by atoms with E-state index in [0.717, 1.165) is 42.7 Å². The van der Waals surface area contributed by atoms with Crippen LogP contribution in [0, 0.1) is 13.8 Å². The maximum Gasteiger partial charge on any atom is 0.155 e. The number of aryl methyl sites for hydroxylation is 2. The van der Waals surface area contributed by atoms with Gasteiger partial charge in [0, 0.05) is 6.54 Å². The fraction of sp³-hybridized carbons (Fsp3) is 0.462. The molecule has 0 saturated heterocycles. The molecule has 0 aromatic carbocycles. The van der Waals surface area contributed by atoms with Crippen LogP contribution in [0.5, 0.6) is 0 Å². The van der Waals surface area contributed by atoms with E-state index in [1.807, 2.05) is 32.0 Å². The van der Waals surface area contributed by atoms with Crippen molar-refractivity contribution in [3.63, 3.8) is 0 Å². The molecule has 0 bridgehead atoms. The van der Waals surface area contributed by atoms with Crippen LogP contribution in [0.1, 0.15) is 30.7 Å². The second-order valence-electron chi connectivity index (χ2n) is 4.28. The number of hydrogen-bond acceptors (Lipinski definition) is 4. The molecule has 18 heavy (non-hydrogen) atoms. The molecule has 0 aliphatic carbocycles. The third kappa shape index (κ3) is 2.92. The molecule has 5 heteroatoms. The predicted molar refractivity (Wildman–Crippen MR) is 70.6 cm³/mol. The molecule has 0 spiro atoms. The molecule has 2 aromatic heterocycles. The number of rotatable bonds is 5. The number of nitrogens with one attached hydrogen (secondary N) is 1. The third-order valence-corrected chi connectivity index (χ3v) is 2.62. The summed E-state index contributed by atoms with van der Waals surface area (Å²) in [5.74, 6) is 2.45. The molecule has 0 amide bonds. The van der Waals surface area contributed by atoms with Crippen molar-refractivity contribution >= 4 is 0 Å². The fourth-order valence-corrected chi connectivity index (χ4v) is 1.81. The Morgan fingerprint density at radius 2 is 2.06 bits per heavy atom. The van der Waals surface area contributed by atoms with Crippen LogP contribution in [-0.4, -0.2) is 26.3 Å². The molecule has 2 rings (SSSR count). The van der Waals surface area contributed by atoms with Crippen molar-refractivity contribution in [2.75, 3.05) is 6.54 Å². The SMILES string of the molecule is CCCNCc1cccc(-n2nc(C)nc2C)n1. The Morgan fingerprint density at radius 1 is 1.22 bits per heavy atom. The van der Waals surface area contributed by atoms with Gasteiger partial charge < -0.3 is 5.32 Å². The third-order valence-electron chi connectivity index (χ3n) is 2.62. The van der Waals surface area contributed by atoms with Gasteiger partial charge in [-0.25, -0.2) is 9.97 Å². The smallest absolute Gasteiger partial charge is 0.155 e. The maximum absolute atomic E-state index is 4.59. The molecule has 1 N–H and O–H groups in total. The predicted octanol–water partition coefficient (Wildman–Crippen LogP) is 1.78. The summed E-state index contributed by atoms with van der Waals surface area (Å²) in [6, 6.07) is 5.97. The molecule has 96 valence electrons. The summed E-state index contributed by atoms with van der Waals surface area (Å²) in [6.07, 6.45) is 1.13. The quantitative estimate of drug-likeness (QED) is 0.816. The van der Waals surface area contributed by atoms with Gasteiger partial charge in [0.2, 0.25) is 0 Å². The highest BCUT2D eigenvalue weighted by molar-refractivity contribution is 5.24. The van der Waals surface area contributed by atoms with Crippen molar-refractivity contribution in [2.45, 2.75) is 33.7 Å². The van der Waals surface area contributed by atoms with Crippen LogP contribution in [0.3, 0.4) is 0 Å². The van der Waals surface area contributed by atoms with Crippen LogP contribution in [0.2, 0.25) is 0 Å². The van der Waals surface area contributed by atoms with Gasteiger partial charge in [0.05, 0.1) is 5.69 Å². The van der Waals surface area contributed by atoms with E-state index in [-0.39, 0.29) is 0 Å². The summed E-state index contributed by atoms with van der Waals surface area (Å²) in [5, 5.41) is 7.68. The highest BCUT2D eigenvalue weighted by atomic mass is 15.4. The number of hydrogen-bond donors (Lipinski definition) is 1. The summed E-state index contributed by atoms with van der Waals surface area (Å²) < 4.78 is 1.78. The maximum atomic E-state index is 4.59. The monoisotopic (exact) mass is 245 g/mol. The molecule has 0 fully saturated rings. The standard InChI is InChI=1S/C13H19N5/c1-4-8-14-9-12-6-5-7-13(16-12)18-11(3)15-10(2)17-18/h5-7,14H,4,8-9H2,1-3H3. The molecule has 0 aliphatic rings. The van der Waals surface area contributed by atoms with E-state index in [1.165, 1.54) is 0 Å². The topological polar surface area (TPSA) is 55.6 Å².